The second-order valence-corrected chi connectivity index (χ2v) is 25.8. The zero-order valence-electron chi connectivity index (χ0n) is 52.2. The maximum Gasteiger partial charge on any atom is 0.246 e. The Morgan fingerprint density at radius 2 is 1.31 bits per heavy atom. The van der Waals surface area contributed by atoms with E-state index < -0.39 is 72.0 Å². The van der Waals surface area contributed by atoms with Gasteiger partial charge in [0.05, 0.1) is 36.7 Å². The average molecular weight is 1280 g/mol. The standard InChI is InChI=1S/C60H102N12O14S2/c1-5-41(4)55(57(62)84)69-58(85)48(34-40(2)3)68-59(86)60(24-29-72(30-25-60)54(82)15-11-14-49(77)64-35-45(75)16-17-46(76)37-74)70-52(80)23-33-88-39-44-13-10-12-43(65-44)38-87-32-22-51(79)66-42-20-27-71(28-21-42)36-53(81)67-47(56(61)83)18-19-50(78)63-26-8-6-7-9-31-73/h10,12-13,40-42,45-48,55,73-76H,5-9,11,14-39H2,1-4H3,(H2,61,83)(H2,62,84)(H,63,78)(H,64,77)(H,66,79)(H,67,81)(H,68,86)(H,69,85)(H,70,80)/t41-,45+,46-,47?,48-,55-/m0/s1. The third-order valence-corrected chi connectivity index (χ3v) is 17.7. The first-order valence-corrected chi connectivity index (χ1v) is 33.6. The molecule has 26 nitrogen and oxygen atoms in total. The van der Waals surface area contributed by atoms with Crippen LogP contribution in [-0.4, -0.2) is 207 Å². The molecule has 0 aromatic carbocycles. The summed E-state index contributed by atoms with van der Waals surface area (Å²) in [6, 6.07) is 2.65. The molecule has 2 fully saturated rings. The van der Waals surface area contributed by atoms with Crippen molar-refractivity contribution in [2.75, 3.05) is 70.5 Å². The van der Waals surface area contributed by atoms with Crippen LogP contribution in [0.1, 0.15) is 161 Å². The second kappa shape index (κ2) is 42.4. The van der Waals surface area contributed by atoms with Gasteiger partial charge in [0.15, 0.2) is 0 Å². The van der Waals surface area contributed by atoms with E-state index in [9.17, 15) is 58.2 Å². The number of carbonyl (C=O) groups is 10. The minimum absolute atomic E-state index is 0.0193. The summed E-state index contributed by atoms with van der Waals surface area (Å²) < 4.78 is 0. The van der Waals surface area contributed by atoms with E-state index in [2.05, 4.69) is 37.2 Å². The Kier molecular flexibility index (Phi) is 36.9. The van der Waals surface area contributed by atoms with Crippen LogP contribution in [0, 0.1) is 11.8 Å². The lowest BCUT2D eigenvalue weighted by atomic mass is 9.85. The van der Waals surface area contributed by atoms with E-state index >= 15 is 0 Å². The van der Waals surface area contributed by atoms with E-state index in [1.807, 2.05) is 43.9 Å². The number of piperidine rings is 2. The summed E-state index contributed by atoms with van der Waals surface area (Å²) in [5.41, 5.74) is 11.3. The van der Waals surface area contributed by atoms with Gasteiger partial charge in [-0.2, -0.15) is 23.5 Å². The lowest BCUT2D eigenvalue weighted by molar-refractivity contribution is -0.141. The number of nitrogens with one attached hydrogen (secondary N) is 7. The summed E-state index contributed by atoms with van der Waals surface area (Å²) in [4.78, 5) is 139. The number of nitrogens with two attached hydrogens (primary N) is 2. The summed E-state index contributed by atoms with van der Waals surface area (Å²) in [5.74, 6) is -2.59. The van der Waals surface area contributed by atoms with Crippen LogP contribution in [0.3, 0.4) is 0 Å². The zero-order chi connectivity index (χ0) is 65.0. The molecule has 2 aliphatic rings. The van der Waals surface area contributed by atoms with Crippen LogP contribution in [0.5, 0.6) is 0 Å². The van der Waals surface area contributed by atoms with E-state index in [0.717, 1.165) is 37.1 Å². The Labute approximate surface area is 527 Å². The maximum atomic E-state index is 14.5. The first-order chi connectivity index (χ1) is 42.0. The third-order valence-electron chi connectivity index (χ3n) is 15.7. The van der Waals surface area contributed by atoms with Crippen molar-refractivity contribution in [2.45, 2.75) is 203 Å². The molecule has 15 N–H and O–H groups in total. The molecular weight excluding hydrogens is 1180 g/mol. The second-order valence-electron chi connectivity index (χ2n) is 23.6. The molecule has 1 aromatic rings. The van der Waals surface area contributed by atoms with Gasteiger partial charge in [-0.1, -0.05) is 53.0 Å². The molecule has 0 saturated carbocycles. The van der Waals surface area contributed by atoms with Crippen LogP contribution in [0.2, 0.25) is 0 Å². The number of primary amides is 2. The summed E-state index contributed by atoms with van der Waals surface area (Å²) >= 11 is 3.07. The molecule has 6 atom stereocenters. The third kappa shape index (κ3) is 30.7. The molecule has 2 aliphatic heterocycles. The number of aliphatic hydroxyl groups excluding tert-OH is 4. The molecule has 0 spiro atoms. The molecule has 0 bridgehead atoms. The highest BCUT2D eigenvalue weighted by Crippen LogP contribution is 2.26. The summed E-state index contributed by atoms with van der Waals surface area (Å²) in [5, 5.41) is 57.2. The molecule has 2 saturated heterocycles. The highest BCUT2D eigenvalue weighted by molar-refractivity contribution is 7.98. The Morgan fingerprint density at radius 1 is 0.682 bits per heavy atom. The minimum Gasteiger partial charge on any atom is -0.396 e. The van der Waals surface area contributed by atoms with Crippen molar-refractivity contribution >= 4 is 82.6 Å². The maximum absolute atomic E-state index is 14.5. The lowest BCUT2D eigenvalue weighted by Crippen LogP contribution is -2.66. The average Bonchev–Trinajstić information content (AvgIpc) is 3.69. The molecule has 3 rings (SSSR count). The van der Waals surface area contributed by atoms with Gasteiger partial charge in [0, 0.05) is 107 Å². The van der Waals surface area contributed by atoms with Crippen LogP contribution in [0.15, 0.2) is 18.2 Å². The van der Waals surface area contributed by atoms with Gasteiger partial charge in [-0.05, 0) is 94.6 Å². The molecule has 88 heavy (non-hydrogen) atoms. The number of amides is 10. The predicted molar refractivity (Wildman–Crippen MR) is 336 cm³/mol. The molecule has 10 amide bonds. The molecule has 0 radical (unpaired) electrons. The van der Waals surface area contributed by atoms with Crippen LogP contribution in [0.25, 0.3) is 0 Å². The summed E-state index contributed by atoms with van der Waals surface area (Å²) in [6.07, 6.45) is 4.66. The molecule has 1 aromatic heterocycles. The van der Waals surface area contributed by atoms with Gasteiger partial charge in [0.2, 0.25) is 59.1 Å². The van der Waals surface area contributed by atoms with Gasteiger partial charge in [0.25, 0.3) is 0 Å². The Morgan fingerprint density at radius 3 is 1.91 bits per heavy atom. The molecular formula is C60H102N12O14S2. The van der Waals surface area contributed by atoms with Gasteiger partial charge in [-0.15, -0.1) is 0 Å². The summed E-state index contributed by atoms with van der Waals surface area (Å²) in [6.45, 7) is 8.99. The van der Waals surface area contributed by atoms with Crippen molar-refractivity contribution in [3.63, 3.8) is 0 Å². The number of aromatic nitrogens is 1. The smallest absolute Gasteiger partial charge is 0.246 e. The van der Waals surface area contributed by atoms with Gasteiger partial charge < -0.3 is 74.0 Å². The van der Waals surface area contributed by atoms with Crippen molar-refractivity contribution in [3.05, 3.63) is 29.6 Å². The minimum atomic E-state index is -1.50. The highest BCUT2D eigenvalue weighted by atomic mass is 32.2. The molecule has 0 aliphatic carbocycles. The number of hydrogen-bond donors (Lipinski definition) is 13. The Hall–Kier alpha value is -5.65. The van der Waals surface area contributed by atoms with Gasteiger partial charge in [0.1, 0.15) is 23.7 Å². The van der Waals surface area contributed by atoms with Gasteiger partial charge in [-0.3, -0.25) is 57.8 Å². The number of unbranched alkanes of at least 4 members (excludes halogenated alkanes) is 3. The monoisotopic (exact) mass is 1280 g/mol. The first kappa shape index (κ1) is 76.6. The zero-order valence-corrected chi connectivity index (χ0v) is 53.8. The fourth-order valence-corrected chi connectivity index (χ4v) is 11.8. The fourth-order valence-electron chi connectivity index (χ4n) is 10.1. The normalized spacial score (nSPS) is 16.4. The topological polar surface area (TPSA) is 407 Å². The van der Waals surface area contributed by atoms with Crippen LogP contribution in [-0.2, 0) is 59.5 Å². The first-order valence-electron chi connectivity index (χ1n) is 31.3. The van der Waals surface area contributed by atoms with Gasteiger partial charge in [-0.25, -0.2) is 0 Å². The quantitative estimate of drug-likeness (QED) is 0.0386. The van der Waals surface area contributed by atoms with Crippen molar-refractivity contribution in [3.8, 4) is 0 Å². The number of carbonyl (C=O) groups excluding carboxylic acids is 10. The summed E-state index contributed by atoms with van der Waals surface area (Å²) in [7, 11) is 0. The number of thioether (sulfide) groups is 2. The molecule has 498 valence electrons. The number of rotatable bonds is 44. The highest BCUT2D eigenvalue weighted by Gasteiger charge is 2.45. The van der Waals surface area contributed by atoms with E-state index in [0.29, 0.717) is 68.3 Å². The number of aliphatic hydroxyl groups is 4. The van der Waals surface area contributed by atoms with Crippen molar-refractivity contribution in [1.82, 2.24) is 52.0 Å². The molecule has 1 unspecified atom stereocenters. The Bertz CT molecular complexity index is 2360. The number of hydrogen-bond acceptors (Lipinski definition) is 18. The SMILES string of the molecule is CC[C@H](C)[C@H](NC(=O)[C@H](CC(C)C)NC(=O)C1(NC(=O)CCSCc2cccc(CSCCC(=O)NC3CCN(CC(=O)NC(CCC(=O)NCCCCCCO)C(N)=O)CC3)n2)CCN(C(=O)CCCC(=O)NC[C@H](O)CC[C@H](O)CO)CC1)C(N)=O. The number of pyridine rings is 1. The van der Waals surface area contributed by atoms with Crippen molar-refractivity contribution in [2.24, 2.45) is 23.3 Å². The fraction of sp³-hybridized carbons (Fsp3) is 0.750. The molecule has 3 heterocycles. The van der Waals surface area contributed by atoms with Crippen LogP contribution in [0.4, 0.5) is 0 Å². The van der Waals surface area contributed by atoms with E-state index in [1.54, 1.807) is 23.6 Å². The predicted octanol–water partition coefficient (Wildman–Crippen LogP) is 0.133. The largest absolute Gasteiger partial charge is 0.396 e. The van der Waals surface area contributed by atoms with Crippen molar-refractivity contribution in [1.29, 1.82) is 0 Å². The van der Waals surface area contributed by atoms with Crippen LogP contribution < -0.4 is 48.7 Å². The van der Waals surface area contributed by atoms with Crippen molar-refractivity contribution < 1.29 is 68.4 Å². The number of nitrogens with zero attached hydrogens (tertiary/aromatic N) is 3. The lowest BCUT2D eigenvalue weighted by Gasteiger charge is -2.42. The van der Waals surface area contributed by atoms with E-state index in [4.69, 9.17) is 26.7 Å². The van der Waals surface area contributed by atoms with E-state index in [1.165, 1.54) is 11.8 Å². The van der Waals surface area contributed by atoms with E-state index in [-0.39, 0.29) is 151 Å². The Balaban J connectivity index is 1.47. The number of likely N-dealkylation sites (tertiary alicyclic amines) is 2. The van der Waals surface area contributed by atoms with Crippen LogP contribution >= 0.6 is 23.5 Å². The van der Waals surface area contributed by atoms with Gasteiger partial charge >= 0.3 is 0 Å². The molecule has 28 heteroatoms.